The zero-order valence-corrected chi connectivity index (χ0v) is 19.8. The van der Waals surface area contributed by atoms with Crippen LogP contribution in [-0.2, 0) is 6.54 Å². The van der Waals surface area contributed by atoms with E-state index in [1.54, 1.807) is 21.7 Å². The van der Waals surface area contributed by atoms with Gasteiger partial charge in [-0.05, 0) is 32.6 Å². The minimum absolute atomic E-state index is 0.0240. The molecule has 4 rings (SSSR count). The molecule has 0 saturated carbocycles. The molecule has 2 aromatic heterocycles. The first-order valence-corrected chi connectivity index (χ1v) is 11.7. The number of hydrogen-bond donors (Lipinski definition) is 1. The van der Waals surface area contributed by atoms with Crippen molar-refractivity contribution in [3.8, 4) is 11.3 Å². The highest BCUT2D eigenvalue weighted by atomic mass is 16.5. The van der Waals surface area contributed by atoms with Gasteiger partial charge in [-0.25, -0.2) is 0 Å². The maximum absolute atomic E-state index is 13.2. The highest BCUT2D eigenvalue weighted by Crippen LogP contribution is 2.20. The number of nitrogens with zero attached hydrogens (tertiary/aromatic N) is 3. The summed E-state index contributed by atoms with van der Waals surface area (Å²) in [7, 11) is 0. The maximum Gasteiger partial charge on any atom is 0.259 e. The molecule has 8 heteroatoms. The Morgan fingerprint density at radius 3 is 2.47 bits per heavy atom. The van der Waals surface area contributed by atoms with Crippen LogP contribution < -0.4 is 10.7 Å². The van der Waals surface area contributed by atoms with E-state index in [0.29, 0.717) is 30.5 Å². The second-order valence-electron chi connectivity index (χ2n) is 9.16. The van der Waals surface area contributed by atoms with Crippen LogP contribution in [0.2, 0.25) is 0 Å². The molecule has 1 aliphatic heterocycles. The van der Waals surface area contributed by atoms with Gasteiger partial charge in [0.1, 0.15) is 16.8 Å². The predicted octanol–water partition coefficient (Wildman–Crippen LogP) is 3.89. The maximum atomic E-state index is 13.2. The molecular formula is C26H30N4O4. The van der Waals surface area contributed by atoms with Crippen LogP contribution in [-0.4, -0.2) is 39.5 Å². The molecular weight excluding hydrogens is 432 g/mol. The Morgan fingerprint density at radius 1 is 1.12 bits per heavy atom. The van der Waals surface area contributed by atoms with Gasteiger partial charge in [-0.3, -0.25) is 14.4 Å². The number of amides is 2. The van der Waals surface area contributed by atoms with Gasteiger partial charge in [-0.15, -0.1) is 0 Å². The normalized spacial score (nSPS) is 14.4. The van der Waals surface area contributed by atoms with Crippen LogP contribution in [0.3, 0.4) is 0 Å². The summed E-state index contributed by atoms with van der Waals surface area (Å²) in [5.74, 6) is 0.290. The van der Waals surface area contributed by atoms with Gasteiger partial charge in [0.25, 0.3) is 11.8 Å². The first-order valence-electron chi connectivity index (χ1n) is 11.7. The average Bonchev–Trinajstić information content (AvgIpc) is 3.32. The van der Waals surface area contributed by atoms with Crippen molar-refractivity contribution < 1.29 is 14.1 Å². The lowest BCUT2D eigenvalue weighted by atomic mass is 9.98. The van der Waals surface area contributed by atoms with Gasteiger partial charge in [-0.2, -0.15) is 0 Å². The van der Waals surface area contributed by atoms with Crippen LogP contribution >= 0.6 is 0 Å². The zero-order valence-electron chi connectivity index (χ0n) is 19.8. The fourth-order valence-corrected chi connectivity index (χ4v) is 3.99. The van der Waals surface area contributed by atoms with E-state index in [2.05, 4.69) is 17.4 Å². The van der Waals surface area contributed by atoms with Crippen LogP contribution in [0.5, 0.6) is 0 Å². The van der Waals surface area contributed by atoms with Crippen LogP contribution in [0.15, 0.2) is 58.1 Å². The zero-order chi connectivity index (χ0) is 24.2. The SMILES string of the molecule is CC1CCN(C(=O)c2cn(C(C)C)cc(C(=O)NCc3cc(-c4ccccc4)on3)c2=O)CC1. The monoisotopic (exact) mass is 462 g/mol. The summed E-state index contributed by atoms with van der Waals surface area (Å²) in [6.45, 7) is 7.36. The van der Waals surface area contributed by atoms with E-state index in [4.69, 9.17) is 4.52 Å². The number of likely N-dealkylation sites (tertiary alicyclic amines) is 1. The van der Waals surface area contributed by atoms with Crippen molar-refractivity contribution in [3.05, 3.63) is 75.8 Å². The summed E-state index contributed by atoms with van der Waals surface area (Å²) in [5, 5.41) is 6.74. The van der Waals surface area contributed by atoms with Crippen molar-refractivity contribution in [1.82, 2.24) is 19.9 Å². The summed E-state index contributed by atoms with van der Waals surface area (Å²) in [4.78, 5) is 41.0. The molecule has 0 atom stereocenters. The van der Waals surface area contributed by atoms with Gasteiger partial charge in [-0.1, -0.05) is 42.4 Å². The Kier molecular flexibility index (Phi) is 6.95. The largest absolute Gasteiger partial charge is 0.356 e. The molecule has 1 saturated heterocycles. The standard InChI is InChI=1S/C26H30N4O4/c1-17(2)30-15-21(24(31)22(16-30)26(33)29-11-9-18(3)10-12-29)25(32)27-14-20-13-23(34-28-20)19-7-5-4-6-8-19/h4-8,13,15-18H,9-12,14H2,1-3H3,(H,27,32). The first-order chi connectivity index (χ1) is 16.3. The summed E-state index contributed by atoms with van der Waals surface area (Å²) in [5.41, 5.74) is 0.834. The van der Waals surface area contributed by atoms with Gasteiger partial charge < -0.3 is 19.3 Å². The lowest BCUT2D eigenvalue weighted by Crippen LogP contribution is -2.41. The number of hydrogen-bond acceptors (Lipinski definition) is 5. The molecule has 0 bridgehead atoms. The van der Waals surface area contributed by atoms with Crippen LogP contribution in [0.1, 0.15) is 66.1 Å². The summed E-state index contributed by atoms with van der Waals surface area (Å²) < 4.78 is 7.11. The lowest BCUT2D eigenvalue weighted by molar-refractivity contribution is 0.0695. The molecule has 3 aromatic rings. The molecule has 0 radical (unpaired) electrons. The summed E-state index contributed by atoms with van der Waals surface area (Å²) in [6.07, 6.45) is 4.89. The van der Waals surface area contributed by atoms with E-state index < -0.39 is 11.3 Å². The number of carbonyl (C=O) groups is 2. The van der Waals surface area contributed by atoms with E-state index in [1.807, 2.05) is 44.2 Å². The Hall–Kier alpha value is -3.68. The molecule has 1 N–H and O–H groups in total. The summed E-state index contributed by atoms with van der Waals surface area (Å²) in [6, 6.07) is 11.2. The van der Waals surface area contributed by atoms with E-state index >= 15 is 0 Å². The number of nitrogens with one attached hydrogen (secondary N) is 1. The van der Waals surface area contributed by atoms with Crippen molar-refractivity contribution in [3.63, 3.8) is 0 Å². The summed E-state index contributed by atoms with van der Waals surface area (Å²) >= 11 is 0. The predicted molar refractivity (Wildman–Crippen MR) is 128 cm³/mol. The molecule has 0 spiro atoms. The number of benzene rings is 1. The van der Waals surface area contributed by atoms with Gasteiger partial charge in [0.15, 0.2) is 5.76 Å². The number of piperidine rings is 1. The number of pyridine rings is 1. The quantitative estimate of drug-likeness (QED) is 0.599. The van der Waals surface area contributed by atoms with Crippen molar-refractivity contribution in [2.75, 3.05) is 13.1 Å². The fraction of sp³-hybridized carbons (Fsp3) is 0.385. The Morgan fingerprint density at radius 2 is 1.79 bits per heavy atom. The molecule has 1 fully saturated rings. The second kappa shape index (κ2) is 10.1. The van der Waals surface area contributed by atoms with E-state index in [9.17, 15) is 14.4 Å². The average molecular weight is 463 g/mol. The topological polar surface area (TPSA) is 97.4 Å². The first kappa shape index (κ1) is 23.5. The third kappa shape index (κ3) is 5.11. The number of aromatic nitrogens is 2. The third-order valence-corrected chi connectivity index (χ3v) is 6.24. The fourth-order valence-electron chi connectivity index (χ4n) is 3.99. The molecule has 1 aliphatic rings. The highest BCUT2D eigenvalue weighted by Gasteiger charge is 2.26. The molecule has 0 unspecified atom stereocenters. The highest BCUT2D eigenvalue weighted by molar-refractivity contribution is 5.99. The molecule has 178 valence electrons. The third-order valence-electron chi connectivity index (χ3n) is 6.24. The molecule has 0 aliphatic carbocycles. The molecule has 2 amide bonds. The Labute approximate surface area is 198 Å². The molecule has 3 heterocycles. The smallest absolute Gasteiger partial charge is 0.259 e. The van der Waals surface area contributed by atoms with Gasteiger partial charge in [0.05, 0.1) is 6.54 Å². The van der Waals surface area contributed by atoms with Crippen molar-refractivity contribution in [2.24, 2.45) is 5.92 Å². The second-order valence-corrected chi connectivity index (χ2v) is 9.16. The van der Waals surface area contributed by atoms with Crippen LogP contribution in [0, 0.1) is 5.92 Å². The van der Waals surface area contributed by atoms with E-state index in [0.717, 1.165) is 18.4 Å². The minimum atomic E-state index is -0.553. The minimum Gasteiger partial charge on any atom is -0.356 e. The van der Waals surface area contributed by atoms with E-state index in [1.165, 1.54) is 6.20 Å². The number of carbonyl (C=O) groups excluding carboxylic acids is 2. The lowest BCUT2D eigenvalue weighted by Gasteiger charge is -2.30. The number of rotatable bonds is 6. The van der Waals surface area contributed by atoms with Crippen LogP contribution in [0.4, 0.5) is 0 Å². The Bertz CT molecular complexity index is 1220. The van der Waals surface area contributed by atoms with Crippen molar-refractivity contribution >= 4 is 11.8 Å². The van der Waals surface area contributed by atoms with Gasteiger partial charge in [0, 0.05) is 43.2 Å². The molecule has 1 aromatic carbocycles. The van der Waals surface area contributed by atoms with E-state index in [-0.39, 0.29) is 29.6 Å². The molecule has 34 heavy (non-hydrogen) atoms. The van der Waals surface area contributed by atoms with Crippen LogP contribution in [0.25, 0.3) is 11.3 Å². The Balaban J connectivity index is 1.53. The van der Waals surface area contributed by atoms with Crippen molar-refractivity contribution in [1.29, 1.82) is 0 Å². The molecule has 8 nitrogen and oxygen atoms in total. The van der Waals surface area contributed by atoms with Gasteiger partial charge in [0.2, 0.25) is 5.43 Å². The van der Waals surface area contributed by atoms with Gasteiger partial charge >= 0.3 is 0 Å². The van der Waals surface area contributed by atoms with Crippen molar-refractivity contribution in [2.45, 2.75) is 46.2 Å².